The third-order valence-corrected chi connectivity index (χ3v) is 3.68. The molecule has 0 bridgehead atoms. The van der Waals surface area contributed by atoms with Crippen molar-refractivity contribution in [3.63, 3.8) is 0 Å². The molecular formula is C17H17NO2S. The third-order valence-electron chi connectivity index (χ3n) is 2.89. The van der Waals surface area contributed by atoms with Gasteiger partial charge in [0.05, 0.1) is 12.8 Å². The molecule has 2 aromatic carbocycles. The summed E-state index contributed by atoms with van der Waals surface area (Å²) in [5.41, 5.74) is 1.74. The van der Waals surface area contributed by atoms with Crippen LogP contribution in [0.4, 0.5) is 5.69 Å². The van der Waals surface area contributed by atoms with Crippen molar-refractivity contribution >= 4 is 29.4 Å². The van der Waals surface area contributed by atoms with Gasteiger partial charge in [-0.25, -0.2) is 0 Å². The van der Waals surface area contributed by atoms with Crippen LogP contribution < -0.4 is 10.1 Å². The first-order valence-corrected chi connectivity index (χ1v) is 7.71. The van der Waals surface area contributed by atoms with Crippen molar-refractivity contribution < 1.29 is 9.53 Å². The maximum absolute atomic E-state index is 12.0. The Labute approximate surface area is 129 Å². The highest BCUT2D eigenvalue weighted by molar-refractivity contribution is 7.98. The molecule has 1 N–H and O–H groups in total. The Kier molecular flexibility index (Phi) is 5.46. The smallest absolute Gasteiger partial charge is 0.248 e. The van der Waals surface area contributed by atoms with E-state index < -0.39 is 0 Å². The number of hydrogen-bond donors (Lipinski definition) is 1. The number of thioether (sulfide) groups is 1. The largest absolute Gasteiger partial charge is 0.497 e. The number of ether oxygens (including phenoxy) is 1. The molecule has 3 nitrogen and oxygen atoms in total. The number of carbonyl (C=O) groups excluding carboxylic acids is 1. The number of para-hydroxylation sites is 1. The lowest BCUT2D eigenvalue weighted by molar-refractivity contribution is -0.111. The van der Waals surface area contributed by atoms with Gasteiger partial charge in [-0.2, -0.15) is 0 Å². The van der Waals surface area contributed by atoms with Crippen LogP contribution in [0.5, 0.6) is 5.75 Å². The first kappa shape index (κ1) is 15.2. The second-order valence-electron chi connectivity index (χ2n) is 4.30. The molecule has 1 amide bonds. The highest BCUT2D eigenvalue weighted by Crippen LogP contribution is 2.24. The van der Waals surface area contributed by atoms with Gasteiger partial charge in [0.1, 0.15) is 5.75 Å². The molecule has 0 unspecified atom stereocenters. The molecule has 0 aliphatic carbocycles. The second kappa shape index (κ2) is 7.55. The molecule has 0 atom stereocenters. The summed E-state index contributed by atoms with van der Waals surface area (Å²) in [6.07, 6.45) is 5.27. The molecule has 0 aliphatic heterocycles. The van der Waals surface area contributed by atoms with E-state index >= 15 is 0 Å². The zero-order chi connectivity index (χ0) is 15.1. The first-order chi connectivity index (χ1) is 10.2. The Balaban J connectivity index is 2.05. The van der Waals surface area contributed by atoms with E-state index in [1.54, 1.807) is 24.9 Å². The summed E-state index contributed by atoms with van der Waals surface area (Å²) < 4.78 is 5.15. The van der Waals surface area contributed by atoms with Crippen molar-refractivity contribution in [2.45, 2.75) is 4.90 Å². The molecule has 0 heterocycles. The summed E-state index contributed by atoms with van der Waals surface area (Å²) in [4.78, 5) is 13.0. The van der Waals surface area contributed by atoms with Crippen LogP contribution in [0, 0.1) is 0 Å². The Morgan fingerprint density at radius 3 is 2.76 bits per heavy atom. The van der Waals surface area contributed by atoms with Gasteiger partial charge in [-0.1, -0.05) is 24.3 Å². The summed E-state index contributed by atoms with van der Waals surface area (Å²) in [5.74, 6) is 0.615. The number of carbonyl (C=O) groups is 1. The zero-order valence-corrected chi connectivity index (χ0v) is 12.8. The number of anilines is 1. The van der Waals surface area contributed by atoms with Gasteiger partial charge >= 0.3 is 0 Å². The Hall–Kier alpha value is -2.20. The SMILES string of the molecule is COc1cccc(/C=C/C(=O)Nc2ccccc2SC)c1. The standard InChI is InChI=1S/C17H17NO2S/c1-20-14-7-5-6-13(12-14)10-11-17(19)18-15-8-3-4-9-16(15)21-2/h3-12H,1-2H3,(H,18,19)/b11-10+. The molecule has 4 heteroatoms. The van der Waals surface area contributed by atoms with Crippen molar-refractivity contribution in [3.05, 3.63) is 60.2 Å². The van der Waals surface area contributed by atoms with Crippen LogP contribution in [0.25, 0.3) is 6.08 Å². The van der Waals surface area contributed by atoms with Crippen molar-refractivity contribution in [3.8, 4) is 5.75 Å². The quantitative estimate of drug-likeness (QED) is 0.668. The van der Waals surface area contributed by atoms with E-state index in [4.69, 9.17) is 4.74 Å². The van der Waals surface area contributed by atoms with Crippen molar-refractivity contribution in [2.75, 3.05) is 18.7 Å². The van der Waals surface area contributed by atoms with E-state index in [9.17, 15) is 4.79 Å². The monoisotopic (exact) mass is 299 g/mol. The predicted molar refractivity (Wildman–Crippen MR) is 88.9 cm³/mol. The van der Waals surface area contributed by atoms with E-state index in [1.165, 1.54) is 6.08 Å². The topological polar surface area (TPSA) is 38.3 Å². The van der Waals surface area contributed by atoms with E-state index in [2.05, 4.69) is 5.32 Å². The minimum absolute atomic E-state index is 0.153. The fraction of sp³-hybridized carbons (Fsp3) is 0.118. The summed E-state index contributed by atoms with van der Waals surface area (Å²) in [7, 11) is 1.62. The Morgan fingerprint density at radius 2 is 2.00 bits per heavy atom. The highest BCUT2D eigenvalue weighted by Gasteiger charge is 2.02. The molecule has 0 fully saturated rings. The molecule has 0 radical (unpaired) electrons. The number of hydrogen-bond acceptors (Lipinski definition) is 3. The van der Waals surface area contributed by atoms with E-state index in [1.807, 2.05) is 54.8 Å². The van der Waals surface area contributed by atoms with Crippen LogP contribution in [0.2, 0.25) is 0 Å². The minimum atomic E-state index is -0.153. The summed E-state index contributed by atoms with van der Waals surface area (Å²) in [6, 6.07) is 15.3. The van der Waals surface area contributed by atoms with Crippen LogP contribution in [0.3, 0.4) is 0 Å². The number of amides is 1. The van der Waals surface area contributed by atoms with E-state index in [-0.39, 0.29) is 5.91 Å². The number of benzene rings is 2. The maximum atomic E-state index is 12.0. The molecular weight excluding hydrogens is 282 g/mol. The molecule has 2 aromatic rings. The zero-order valence-electron chi connectivity index (χ0n) is 12.0. The second-order valence-corrected chi connectivity index (χ2v) is 5.15. The minimum Gasteiger partial charge on any atom is -0.497 e. The maximum Gasteiger partial charge on any atom is 0.248 e. The normalized spacial score (nSPS) is 10.6. The number of rotatable bonds is 5. The summed E-state index contributed by atoms with van der Waals surface area (Å²) >= 11 is 1.60. The molecule has 0 aromatic heterocycles. The third kappa shape index (κ3) is 4.39. The van der Waals surface area contributed by atoms with Crippen molar-refractivity contribution in [1.29, 1.82) is 0 Å². The van der Waals surface area contributed by atoms with Gasteiger partial charge in [-0.3, -0.25) is 4.79 Å². The van der Waals surface area contributed by atoms with Gasteiger partial charge in [-0.15, -0.1) is 11.8 Å². The average molecular weight is 299 g/mol. The number of methoxy groups -OCH3 is 1. The number of nitrogens with one attached hydrogen (secondary N) is 1. The predicted octanol–water partition coefficient (Wildman–Crippen LogP) is 4.07. The lowest BCUT2D eigenvalue weighted by atomic mass is 10.2. The lowest BCUT2D eigenvalue weighted by Gasteiger charge is -2.07. The van der Waals surface area contributed by atoms with Gasteiger partial charge in [0.25, 0.3) is 0 Å². The van der Waals surface area contributed by atoms with Gasteiger partial charge < -0.3 is 10.1 Å². The van der Waals surface area contributed by atoms with Crippen LogP contribution in [-0.4, -0.2) is 19.3 Å². The molecule has 0 spiro atoms. The van der Waals surface area contributed by atoms with Crippen LogP contribution in [0.15, 0.2) is 59.5 Å². The lowest BCUT2D eigenvalue weighted by Crippen LogP contribution is -2.08. The fourth-order valence-electron chi connectivity index (χ4n) is 1.84. The van der Waals surface area contributed by atoms with E-state index in [0.29, 0.717) is 0 Å². The fourth-order valence-corrected chi connectivity index (χ4v) is 2.39. The summed E-state index contributed by atoms with van der Waals surface area (Å²) in [6.45, 7) is 0. The average Bonchev–Trinajstić information content (AvgIpc) is 2.53. The Bertz CT molecular complexity index is 653. The molecule has 2 rings (SSSR count). The van der Waals surface area contributed by atoms with Crippen LogP contribution in [0.1, 0.15) is 5.56 Å². The highest BCUT2D eigenvalue weighted by atomic mass is 32.2. The van der Waals surface area contributed by atoms with E-state index in [0.717, 1.165) is 21.9 Å². The van der Waals surface area contributed by atoms with Gasteiger partial charge in [0, 0.05) is 11.0 Å². The van der Waals surface area contributed by atoms with Gasteiger partial charge in [0.15, 0.2) is 0 Å². The van der Waals surface area contributed by atoms with Gasteiger partial charge in [0.2, 0.25) is 5.91 Å². The molecule has 0 saturated carbocycles. The first-order valence-electron chi connectivity index (χ1n) is 6.49. The van der Waals surface area contributed by atoms with Crippen molar-refractivity contribution in [1.82, 2.24) is 0 Å². The molecule has 108 valence electrons. The van der Waals surface area contributed by atoms with Crippen LogP contribution >= 0.6 is 11.8 Å². The molecule has 0 saturated heterocycles. The van der Waals surface area contributed by atoms with Crippen molar-refractivity contribution in [2.24, 2.45) is 0 Å². The molecule has 21 heavy (non-hydrogen) atoms. The van der Waals surface area contributed by atoms with Gasteiger partial charge in [-0.05, 0) is 42.2 Å². The molecule has 0 aliphatic rings. The Morgan fingerprint density at radius 1 is 1.19 bits per heavy atom. The summed E-state index contributed by atoms with van der Waals surface area (Å²) in [5, 5.41) is 2.88. The van der Waals surface area contributed by atoms with Crippen LogP contribution in [-0.2, 0) is 4.79 Å².